The van der Waals surface area contributed by atoms with Crippen LogP contribution in [0.3, 0.4) is 0 Å². The van der Waals surface area contributed by atoms with Crippen molar-refractivity contribution in [2.75, 3.05) is 0 Å². The highest BCUT2D eigenvalue weighted by molar-refractivity contribution is 7.12. The first-order valence-electron chi connectivity index (χ1n) is 4.85. The first-order chi connectivity index (χ1) is 6.03. The summed E-state index contributed by atoms with van der Waals surface area (Å²) in [5, 5.41) is 0. The Balaban J connectivity index is 2.29. The topological polar surface area (TPSA) is 26.0 Å². The predicted octanol–water partition coefficient (Wildman–Crippen LogP) is 3.16. The van der Waals surface area contributed by atoms with Gasteiger partial charge in [0.1, 0.15) is 0 Å². The molecule has 0 bridgehead atoms. The van der Waals surface area contributed by atoms with E-state index in [9.17, 15) is 0 Å². The molecule has 13 heavy (non-hydrogen) atoms. The Labute approximate surface area is 84.0 Å². The Morgan fingerprint density at radius 2 is 2.08 bits per heavy atom. The largest absolute Gasteiger partial charge is 0.323 e. The smallest absolute Gasteiger partial charge is 0.0360 e. The van der Waals surface area contributed by atoms with Crippen molar-refractivity contribution in [2.24, 2.45) is 11.1 Å². The second-order valence-corrected chi connectivity index (χ2v) is 5.96. The molecule has 0 saturated heterocycles. The van der Waals surface area contributed by atoms with Crippen molar-refractivity contribution in [1.82, 2.24) is 0 Å². The van der Waals surface area contributed by atoms with Crippen LogP contribution in [0, 0.1) is 19.3 Å². The Kier molecular flexibility index (Phi) is 2.00. The summed E-state index contributed by atoms with van der Waals surface area (Å²) < 4.78 is 0. The highest BCUT2D eigenvalue weighted by Gasteiger charge is 2.44. The van der Waals surface area contributed by atoms with Gasteiger partial charge in [0.25, 0.3) is 0 Å². The molecule has 72 valence electrons. The number of rotatable bonds is 2. The van der Waals surface area contributed by atoms with Gasteiger partial charge in [-0.05, 0) is 43.7 Å². The van der Waals surface area contributed by atoms with E-state index in [1.807, 2.05) is 11.3 Å². The number of hydrogen-bond acceptors (Lipinski definition) is 2. The first kappa shape index (κ1) is 9.22. The molecule has 2 N–H and O–H groups in total. The Bertz CT molecular complexity index is 323. The van der Waals surface area contributed by atoms with E-state index in [1.165, 1.54) is 28.2 Å². The standard InChI is InChI=1S/C11H17NS/c1-7-6-9(8(2)13-7)10(12)11(3)4-5-11/h6,10H,4-5,12H2,1-3H3. The quantitative estimate of drug-likeness (QED) is 0.770. The van der Waals surface area contributed by atoms with Crippen LogP contribution in [0.15, 0.2) is 6.07 Å². The van der Waals surface area contributed by atoms with E-state index in [0.717, 1.165) is 0 Å². The molecule has 0 aromatic carbocycles. The zero-order chi connectivity index (χ0) is 9.64. The second-order valence-electron chi connectivity index (χ2n) is 4.50. The fraction of sp³-hybridized carbons (Fsp3) is 0.636. The van der Waals surface area contributed by atoms with Crippen molar-refractivity contribution in [3.8, 4) is 0 Å². The van der Waals surface area contributed by atoms with Gasteiger partial charge in [-0.3, -0.25) is 0 Å². The summed E-state index contributed by atoms with van der Waals surface area (Å²) in [5.74, 6) is 0. The van der Waals surface area contributed by atoms with E-state index in [1.54, 1.807) is 0 Å². The molecule has 0 aliphatic heterocycles. The summed E-state index contributed by atoms with van der Waals surface area (Å²) >= 11 is 1.86. The lowest BCUT2D eigenvalue weighted by Gasteiger charge is -2.18. The Morgan fingerprint density at radius 3 is 2.46 bits per heavy atom. The summed E-state index contributed by atoms with van der Waals surface area (Å²) in [5.41, 5.74) is 8.03. The van der Waals surface area contributed by atoms with Gasteiger partial charge in [-0.25, -0.2) is 0 Å². The summed E-state index contributed by atoms with van der Waals surface area (Å²) in [7, 11) is 0. The SMILES string of the molecule is Cc1cc(C(N)C2(C)CC2)c(C)s1. The zero-order valence-corrected chi connectivity index (χ0v) is 9.37. The predicted molar refractivity (Wildman–Crippen MR) is 58.1 cm³/mol. The van der Waals surface area contributed by atoms with Crippen molar-refractivity contribution >= 4 is 11.3 Å². The summed E-state index contributed by atoms with van der Waals surface area (Å²) in [6.07, 6.45) is 2.59. The molecular formula is C11H17NS. The Morgan fingerprint density at radius 1 is 1.46 bits per heavy atom. The summed E-state index contributed by atoms with van der Waals surface area (Å²) in [6, 6.07) is 2.52. The number of nitrogens with two attached hydrogens (primary N) is 1. The molecule has 0 amide bonds. The molecule has 1 atom stereocenters. The summed E-state index contributed by atoms with van der Waals surface area (Å²) in [4.78, 5) is 2.78. The number of aryl methyl sites for hydroxylation is 2. The Hall–Kier alpha value is -0.340. The van der Waals surface area contributed by atoms with Crippen LogP contribution in [0.5, 0.6) is 0 Å². The molecule has 1 aliphatic rings. The van der Waals surface area contributed by atoms with Crippen LogP contribution in [0.4, 0.5) is 0 Å². The van der Waals surface area contributed by atoms with Crippen LogP contribution in [-0.4, -0.2) is 0 Å². The van der Waals surface area contributed by atoms with Gasteiger partial charge in [0.2, 0.25) is 0 Å². The van der Waals surface area contributed by atoms with Crippen LogP contribution >= 0.6 is 11.3 Å². The van der Waals surface area contributed by atoms with Crippen molar-refractivity contribution in [1.29, 1.82) is 0 Å². The third-order valence-corrected chi connectivity index (χ3v) is 4.19. The van der Waals surface area contributed by atoms with Gasteiger partial charge in [0, 0.05) is 15.8 Å². The average molecular weight is 195 g/mol. The molecule has 2 heteroatoms. The molecule has 1 aliphatic carbocycles. The molecule has 1 aromatic heterocycles. The van der Waals surface area contributed by atoms with Gasteiger partial charge < -0.3 is 5.73 Å². The summed E-state index contributed by atoms with van der Waals surface area (Å²) in [6.45, 7) is 6.63. The van der Waals surface area contributed by atoms with Crippen molar-refractivity contribution < 1.29 is 0 Å². The van der Waals surface area contributed by atoms with Gasteiger partial charge in [0.05, 0.1) is 0 Å². The van der Waals surface area contributed by atoms with E-state index in [4.69, 9.17) is 5.73 Å². The van der Waals surface area contributed by atoms with E-state index in [0.29, 0.717) is 5.41 Å². The lowest BCUT2D eigenvalue weighted by molar-refractivity contribution is 0.450. The second kappa shape index (κ2) is 2.82. The third-order valence-electron chi connectivity index (χ3n) is 3.20. The maximum atomic E-state index is 6.26. The van der Waals surface area contributed by atoms with Crippen LogP contribution in [-0.2, 0) is 0 Å². The van der Waals surface area contributed by atoms with E-state index in [-0.39, 0.29) is 6.04 Å². The molecule has 1 aromatic rings. The normalized spacial score (nSPS) is 21.5. The minimum atomic E-state index is 0.262. The molecule has 1 nitrogen and oxygen atoms in total. The molecule has 2 rings (SSSR count). The fourth-order valence-corrected chi connectivity index (χ4v) is 2.82. The van der Waals surface area contributed by atoms with Gasteiger partial charge in [-0.1, -0.05) is 6.92 Å². The number of thiophene rings is 1. The highest BCUT2D eigenvalue weighted by atomic mass is 32.1. The van der Waals surface area contributed by atoms with Gasteiger partial charge in [-0.2, -0.15) is 0 Å². The van der Waals surface area contributed by atoms with E-state index in [2.05, 4.69) is 26.8 Å². The molecule has 0 spiro atoms. The van der Waals surface area contributed by atoms with Gasteiger partial charge >= 0.3 is 0 Å². The van der Waals surface area contributed by atoms with Crippen LogP contribution < -0.4 is 5.73 Å². The molecule has 1 unspecified atom stereocenters. The minimum absolute atomic E-state index is 0.262. The van der Waals surface area contributed by atoms with Crippen LogP contribution in [0.25, 0.3) is 0 Å². The lowest BCUT2D eigenvalue weighted by Crippen LogP contribution is -2.20. The van der Waals surface area contributed by atoms with Crippen LogP contribution in [0.2, 0.25) is 0 Å². The molecule has 1 saturated carbocycles. The van der Waals surface area contributed by atoms with Gasteiger partial charge in [-0.15, -0.1) is 11.3 Å². The first-order valence-corrected chi connectivity index (χ1v) is 5.67. The fourth-order valence-electron chi connectivity index (χ4n) is 1.84. The van der Waals surface area contributed by atoms with Crippen molar-refractivity contribution in [2.45, 2.75) is 39.7 Å². The monoisotopic (exact) mass is 195 g/mol. The minimum Gasteiger partial charge on any atom is -0.323 e. The van der Waals surface area contributed by atoms with E-state index >= 15 is 0 Å². The van der Waals surface area contributed by atoms with Crippen molar-refractivity contribution in [3.05, 3.63) is 21.4 Å². The zero-order valence-electron chi connectivity index (χ0n) is 8.55. The van der Waals surface area contributed by atoms with Gasteiger partial charge in [0.15, 0.2) is 0 Å². The average Bonchev–Trinajstić information content (AvgIpc) is 2.71. The molecule has 1 fully saturated rings. The molecule has 0 radical (unpaired) electrons. The number of hydrogen-bond donors (Lipinski definition) is 1. The third kappa shape index (κ3) is 1.53. The maximum Gasteiger partial charge on any atom is 0.0360 e. The van der Waals surface area contributed by atoms with E-state index < -0.39 is 0 Å². The highest BCUT2D eigenvalue weighted by Crippen LogP contribution is 2.54. The van der Waals surface area contributed by atoms with Crippen LogP contribution in [0.1, 0.15) is 41.1 Å². The van der Waals surface area contributed by atoms with Crippen molar-refractivity contribution in [3.63, 3.8) is 0 Å². The molecule has 1 heterocycles. The molecular weight excluding hydrogens is 178 g/mol. The maximum absolute atomic E-state index is 6.26. The lowest BCUT2D eigenvalue weighted by atomic mass is 9.93.